The Bertz CT molecular complexity index is 464. The molecule has 6 nitrogen and oxygen atoms in total. The molecule has 0 atom stereocenters. The highest BCUT2D eigenvalue weighted by Gasteiger charge is 1.92. The first kappa shape index (κ1) is 21.5. The van der Waals surface area contributed by atoms with Crippen LogP contribution in [0.5, 0.6) is 0 Å². The molecule has 7 heteroatoms. The number of carboxylic acid groups (broad SMARTS) is 1. The van der Waals surface area contributed by atoms with E-state index in [1.165, 1.54) is 0 Å². The lowest BCUT2D eigenvalue weighted by Gasteiger charge is -1.81. The van der Waals surface area contributed by atoms with Crippen molar-refractivity contribution in [2.75, 3.05) is 0 Å². The van der Waals surface area contributed by atoms with Crippen molar-refractivity contribution < 1.29 is 31.4 Å². The van der Waals surface area contributed by atoms with Crippen LogP contribution in [0.1, 0.15) is 20.8 Å². The molecular weight excluding hydrogens is 292 g/mol. The average molecular weight is 317 g/mol. The van der Waals surface area contributed by atoms with Crippen LogP contribution in [-0.2, 0) is 32.0 Å². The van der Waals surface area contributed by atoms with Crippen molar-refractivity contribution in [2.24, 2.45) is 14.1 Å². The molecule has 2 aromatic rings. The van der Waals surface area contributed by atoms with Crippen molar-refractivity contribution in [1.29, 1.82) is 0 Å². The zero-order valence-corrected chi connectivity index (χ0v) is 14.1. The number of carboxylic acids is 1. The third kappa shape index (κ3) is 11.7. The fourth-order valence-corrected chi connectivity index (χ4v) is 1.38. The van der Waals surface area contributed by atoms with E-state index < -0.39 is 5.97 Å². The van der Waals surface area contributed by atoms with Crippen LogP contribution in [0.25, 0.3) is 0 Å². The maximum absolute atomic E-state index is 8.89. The third-order valence-corrected chi connectivity index (χ3v) is 2.38. The van der Waals surface area contributed by atoms with Crippen molar-refractivity contribution >= 4 is 5.97 Å². The Morgan fingerprint density at radius 1 is 1.00 bits per heavy atom. The largest absolute Gasteiger partial charge is 1.00 e. The van der Waals surface area contributed by atoms with Crippen LogP contribution < -0.4 is 26.6 Å². The van der Waals surface area contributed by atoms with Gasteiger partial charge in [-0.05, 0) is 20.8 Å². The lowest BCUT2D eigenvalue weighted by molar-refractivity contribution is -0.671. The lowest BCUT2D eigenvalue weighted by Crippen LogP contribution is -3.00. The van der Waals surface area contributed by atoms with Gasteiger partial charge in [0.1, 0.15) is 24.8 Å². The van der Waals surface area contributed by atoms with Crippen LogP contribution in [0.4, 0.5) is 0 Å². The fraction of sp³-hybridized carbons (Fsp3) is 0.500. The minimum atomic E-state index is -1.08. The molecule has 0 fully saturated rings. The number of aliphatic carboxylic acids is 1. The van der Waals surface area contributed by atoms with Gasteiger partial charge in [0, 0.05) is 5.97 Å². The highest BCUT2D eigenvalue weighted by molar-refractivity contribution is 5.60. The molecule has 0 unspecified atom stereocenters. The van der Waals surface area contributed by atoms with Crippen molar-refractivity contribution in [3.63, 3.8) is 0 Å². The van der Waals surface area contributed by atoms with Crippen LogP contribution in [0.2, 0.25) is 0 Å². The molecule has 0 aliphatic heterocycles. The molecule has 2 heterocycles. The number of aromatic nitrogens is 4. The van der Waals surface area contributed by atoms with E-state index >= 15 is 0 Å². The van der Waals surface area contributed by atoms with Gasteiger partial charge in [0.15, 0.2) is 0 Å². The van der Waals surface area contributed by atoms with E-state index in [2.05, 4.69) is 48.0 Å². The Morgan fingerprint density at radius 2 is 1.29 bits per heavy atom. The summed E-state index contributed by atoms with van der Waals surface area (Å²) in [5.41, 5.74) is 0. The molecule has 0 saturated carbocycles. The molecule has 2 aromatic heterocycles. The summed E-state index contributed by atoms with van der Waals surface area (Å²) in [7, 11) is 4.04. The summed E-state index contributed by atoms with van der Waals surface area (Å²) in [6.45, 7) is 7.34. The van der Waals surface area contributed by atoms with E-state index in [0.717, 1.165) is 20.0 Å². The van der Waals surface area contributed by atoms with Crippen LogP contribution in [0.15, 0.2) is 37.4 Å². The van der Waals surface area contributed by atoms with E-state index in [-0.39, 0.29) is 12.4 Å². The zero-order chi connectivity index (χ0) is 15.5. The number of nitrogens with zero attached hydrogens (tertiary/aromatic N) is 4. The van der Waals surface area contributed by atoms with Crippen LogP contribution in [0, 0.1) is 0 Å². The monoisotopic (exact) mass is 316 g/mol. The van der Waals surface area contributed by atoms with E-state index in [4.69, 9.17) is 9.90 Å². The second-order valence-electron chi connectivity index (χ2n) is 4.31. The molecule has 0 amide bonds. The molecule has 0 aliphatic carbocycles. The number of hydrogen-bond donors (Lipinski definition) is 0. The van der Waals surface area contributed by atoms with Gasteiger partial charge in [-0.15, -0.1) is 0 Å². The Balaban J connectivity index is 0. The van der Waals surface area contributed by atoms with E-state index in [0.29, 0.717) is 0 Å². The van der Waals surface area contributed by atoms with Crippen molar-refractivity contribution in [2.45, 2.75) is 33.9 Å². The summed E-state index contributed by atoms with van der Waals surface area (Å²) in [5, 5.41) is 8.89. The zero-order valence-electron chi connectivity index (χ0n) is 13.4. The van der Waals surface area contributed by atoms with Gasteiger partial charge < -0.3 is 22.3 Å². The molecule has 0 spiro atoms. The first-order valence-corrected chi connectivity index (χ1v) is 6.58. The Kier molecular flexibility index (Phi) is 12.2. The minimum absolute atomic E-state index is 0. The molecule has 2 rings (SSSR count). The summed E-state index contributed by atoms with van der Waals surface area (Å²) in [5.74, 6) is -1.08. The van der Waals surface area contributed by atoms with Crippen molar-refractivity contribution in [1.82, 2.24) is 9.13 Å². The van der Waals surface area contributed by atoms with E-state index in [1.54, 1.807) is 0 Å². The Morgan fingerprint density at radius 3 is 1.38 bits per heavy atom. The average Bonchev–Trinajstić information content (AvgIpc) is 2.97. The number of halogens is 1. The number of hydrogen-bond acceptors (Lipinski definition) is 2. The third-order valence-electron chi connectivity index (χ3n) is 2.38. The van der Waals surface area contributed by atoms with Gasteiger partial charge in [-0.2, -0.15) is 0 Å². The number of rotatable bonds is 2. The van der Waals surface area contributed by atoms with Crippen molar-refractivity contribution in [3.05, 3.63) is 37.4 Å². The van der Waals surface area contributed by atoms with Gasteiger partial charge in [-0.1, -0.05) is 0 Å². The number of carbonyl (C=O) groups excluding carboxylic acids is 1. The Labute approximate surface area is 132 Å². The number of aryl methyl sites for hydroxylation is 4. The molecule has 21 heavy (non-hydrogen) atoms. The smallest absolute Gasteiger partial charge is 0.243 e. The van der Waals surface area contributed by atoms with Crippen molar-refractivity contribution in [3.8, 4) is 0 Å². The second-order valence-corrected chi connectivity index (χ2v) is 4.31. The highest BCUT2D eigenvalue weighted by Crippen LogP contribution is 1.79. The molecule has 0 saturated heterocycles. The molecule has 0 aromatic carbocycles. The molecular formula is C14H25ClN4O2. The maximum Gasteiger partial charge on any atom is 0.243 e. The Hall–Kier alpha value is -1.82. The molecule has 120 valence electrons. The fourth-order valence-electron chi connectivity index (χ4n) is 1.38. The predicted octanol–water partition coefficient (Wildman–Crippen LogP) is -3.57. The highest BCUT2D eigenvalue weighted by atomic mass is 35.5. The lowest BCUT2D eigenvalue weighted by atomic mass is 10.7. The summed E-state index contributed by atoms with van der Waals surface area (Å²) >= 11 is 0. The summed E-state index contributed by atoms with van der Waals surface area (Å²) in [4.78, 5) is 8.89. The van der Waals surface area contributed by atoms with Crippen LogP contribution >= 0.6 is 0 Å². The van der Waals surface area contributed by atoms with E-state index in [9.17, 15) is 0 Å². The number of imidazole rings is 2. The number of carbonyl (C=O) groups is 1. The molecule has 0 radical (unpaired) electrons. The first-order valence-electron chi connectivity index (χ1n) is 6.58. The quantitative estimate of drug-likeness (QED) is 0.538. The topological polar surface area (TPSA) is 57.8 Å². The predicted molar refractivity (Wildman–Crippen MR) is 73.2 cm³/mol. The van der Waals surface area contributed by atoms with Crippen LogP contribution in [-0.4, -0.2) is 15.1 Å². The minimum Gasteiger partial charge on any atom is -1.00 e. The normalized spacial score (nSPS) is 8.62. The second kappa shape index (κ2) is 12.0. The van der Waals surface area contributed by atoms with Gasteiger partial charge in [0.25, 0.3) is 0 Å². The first-order chi connectivity index (χ1) is 9.38. The SMILES string of the molecule is CC(=O)[O-].CCn1cc[n+](C)c1.CCn1cc[n+](C)c1.[Cl-]. The summed E-state index contributed by atoms with van der Waals surface area (Å²) in [6.07, 6.45) is 12.3. The van der Waals surface area contributed by atoms with Gasteiger partial charge in [0.2, 0.25) is 12.7 Å². The van der Waals surface area contributed by atoms with Gasteiger partial charge >= 0.3 is 0 Å². The summed E-state index contributed by atoms with van der Waals surface area (Å²) in [6, 6.07) is 0. The van der Waals surface area contributed by atoms with Gasteiger partial charge in [-0.25, -0.2) is 18.3 Å². The van der Waals surface area contributed by atoms with Gasteiger partial charge in [-0.3, -0.25) is 0 Å². The van der Waals surface area contributed by atoms with E-state index in [1.807, 2.05) is 35.6 Å². The molecule has 0 aliphatic rings. The molecule has 0 N–H and O–H groups in total. The molecule has 0 bridgehead atoms. The van der Waals surface area contributed by atoms with Crippen LogP contribution in [0.3, 0.4) is 0 Å². The standard InChI is InChI=1S/2C6H11N2.C2H4O2.ClH/c2*1-3-8-5-4-7(2)6-8;1-2(3)4;/h2*4-6H,3H2,1-2H3;1H3,(H,3,4);1H/q2*+1;;/p-2. The summed E-state index contributed by atoms with van der Waals surface area (Å²) < 4.78 is 8.31. The van der Waals surface area contributed by atoms with Gasteiger partial charge in [0.05, 0.1) is 27.2 Å². The maximum atomic E-state index is 8.89.